The first kappa shape index (κ1) is 26.0. The van der Waals surface area contributed by atoms with Crippen LogP contribution in [-0.2, 0) is 21.4 Å². The third kappa shape index (κ3) is 5.10. The van der Waals surface area contributed by atoms with Crippen LogP contribution in [0.3, 0.4) is 0 Å². The number of sulfonamides is 1. The molecule has 37 heavy (non-hydrogen) atoms. The SMILES string of the molecule is COc1ccc(S(=O)(=O)Nc2ccc(-c3ccc4c(c3)C(=O)N(C(C(=O)O)C(C)C)C4)cc2)cc1OC. The molecule has 194 valence electrons. The van der Waals surface area contributed by atoms with Gasteiger partial charge in [0.1, 0.15) is 6.04 Å². The number of nitrogens with one attached hydrogen (secondary N) is 1. The molecule has 1 aliphatic rings. The number of benzene rings is 3. The number of rotatable bonds is 9. The van der Waals surface area contributed by atoms with Gasteiger partial charge in [0.15, 0.2) is 11.5 Å². The van der Waals surface area contributed by atoms with Crippen molar-refractivity contribution in [1.29, 1.82) is 0 Å². The van der Waals surface area contributed by atoms with Crippen molar-refractivity contribution >= 4 is 27.6 Å². The van der Waals surface area contributed by atoms with Gasteiger partial charge in [-0.15, -0.1) is 0 Å². The molecule has 3 aromatic carbocycles. The van der Waals surface area contributed by atoms with Crippen molar-refractivity contribution in [2.45, 2.75) is 31.3 Å². The number of carboxylic acid groups (broad SMARTS) is 1. The predicted octanol–water partition coefficient (Wildman–Crippen LogP) is 4.24. The Morgan fingerprint density at radius 2 is 1.59 bits per heavy atom. The van der Waals surface area contributed by atoms with Crippen LogP contribution in [0, 0.1) is 5.92 Å². The summed E-state index contributed by atoms with van der Waals surface area (Å²) in [5.74, 6) is -0.844. The highest BCUT2D eigenvalue weighted by atomic mass is 32.2. The Morgan fingerprint density at radius 3 is 2.19 bits per heavy atom. The summed E-state index contributed by atoms with van der Waals surface area (Å²) in [6.07, 6.45) is 0. The van der Waals surface area contributed by atoms with Crippen LogP contribution in [0.4, 0.5) is 5.69 Å². The molecule has 1 aliphatic heterocycles. The molecule has 0 fully saturated rings. The largest absolute Gasteiger partial charge is 0.493 e. The number of hydrogen-bond donors (Lipinski definition) is 2. The lowest BCUT2D eigenvalue weighted by Gasteiger charge is -2.27. The van der Waals surface area contributed by atoms with E-state index in [1.807, 2.05) is 12.1 Å². The molecule has 0 saturated carbocycles. The highest BCUT2D eigenvalue weighted by molar-refractivity contribution is 7.92. The van der Waals surface area contributed by atoms with E-state index in [1.165, 1.54) is 37.3 Å². The number of amides is 1. The number of carboxylic acids is 1. The molecule has 1 atom stereocenters. The Labute approximate surface area is 215 Å². The fourth-order valence-corrected chi connectivity index (χ4v) is 5.51. The second-order valence-corrected chi connectivity index (χ2v) is 10.7. The fraction of sp³-hybridized carbons (Fsp3) is 0.259. The fourth-order valence-electron chi connectivity index (χ4n) is 4.43. The number of aliphatic carboxylic acids is 1. The van der Waals surface area contributed by atoms with Gasteiger partial charge in [-0.3, -0.25) is 9.52 Å². The number of fused-ring (bicyclic) bond motifs is 1. The van der Waals surface area contributed by atoms with Gasteiger partial charge >= 0.3 is 5.97 Å². The lowest BCUT2D eigenvalue weighted by molar-refractivity contribution is -0.144. The lowest BCUT2D eigenvalue weighted by atomic mass is 10.0. The maximum Gasteiger partial charge on any atom is 0.326 e. The van der Waals surface area contributed by atoms with Gasteiger partial charge in [-0.05, 0) is 52.9 Å². The number of methoxy groups -OCH3 is 2. The molecule has 9 nitrogen and oxygen atoms in total. The van der Waals surface area contributed by atoms with Crippen molar-refractivity contribution in [1.82, 2.24) is 4.90 Å². The van der Waals surface area contributed by atoms with Gasteiger partial charge in [0.2, 0.25) is 0 Å². The van der Waals surface area contributed by atoms with Crippen LogP contribution in [-0.4, -0.2) is 50.6 Å². The van der Waals surface area contributed by atoms with Crippen LogP contribution in [0.5, 0.6) is 11.5 Å². The van der Waals surface area contributed by atoms with Crippen molar-refractivity contribution in [2.24, 2.45) is 5.92 Å². The lowest BCUT2D eigenvalue weighted by Crippen LogP contribution is -2.44. The summed E-state index contributed by atoms with van der Waals surface area (Å²) in [7, 11) is -0.977. The Kier molecular flexibility index (Phi) is 7.13. The molecule has 0 spiro atoms. The second-order valence-electron chi connectivity index (χ2n) is 9.03. The first-order valence-electron chi connectivity index (χ1n) is 11.6. The zero-order valence-electron chi connectivity index (χ0n) is 20.9. The molecule has 1 heterocycles. The first-order valence-corrected chi connectivity index (χ1v) is 13.1. The van der Waals surface area contributed by atoms with Crippen LogP contribution >= 0.6 is 0 Å². The molecule has 0 saturated heterocycles. The van der Waals surface area contributed by atoms with Gasteiger partial charge in [-0.1, -0.05) is 38.1 Å². The maximum atomic E-state index is 13.0. The Balaban J connectivity index is 1.54. The molecule has 0 aromatic heterocycles. The summed E-state index contributed by atoms with van der Waals surface area (Å²) in [6.45, 7) is 3.81. The van der Waals surface area contributed by atoms with Crippen LogP contribution in [0.15, 0.2) is 65.6 Å². The van der Waals surface area contributed by atoms with E-state index in [9.17, 15) is 23.1 Å². The van der Waals surface area contributed by atoms with Crippen molar-refractivity contribution < 1.29 is 32.6 Å². The van der Waals surface area contributed by atoms with E-state index in [0.29, 0.717) is 22.7 Å². The predicted molar refractivity (Wildman–Crippen MR) is 138 cm³/mol. The minimum absolute atomic E-state index is 0.0250. The average molecular weight is 525 g/mol. The molecular formula is C27H28N2O7S. The standard InChI is InChI=1S/C27H28N2O7S/c1-16(2)25(27(31)32)29-15-19-6-5-18(13-22(19)26(29)30)17-7-9-20(10-8-17)28-37(33,34)21-11-12-23(35-3)24(14-21)36-4/h5-14,16,25,28H,15H2,1-4H3,(H,31,32). The van der Waals surface area contributed by atoms with Gasteiger partial charge in [-0.2, -0.15) is 0 Å². The average Bonchev–Trinajstić information content (AvgIpc) is 3.18. The summed E-state index contributed by atoms with van der Waals surface area (Å²) >= 11 is 0. The highest BCUT2D eigenvalue weighted by Gasteiger charge is 2.38. The van der Waals surface area contributed by atoms with E-state index in [-0.39, 0.29) is 23.3 Å². The van der Waals surface area contributed by atoms with Crippen LogP contribution in [0.2, 0.25) is 0 Å². The minimum atomic E-state index is -3.88. The quantitative estimate of drug-likeness (QED) is 0.429. The number of hydrogen-bond acceptors (Lipinski definition) is 6. The Morgan fingerprint density at radius 1 is 0.946 bits per heavy atom. The molecule has 0 aliphatic carbocycles. The molecule has 10 heteroatoms. The van der Waals surface area contributed by atoms with E-state index in [1.54, 1.807) is 44.2 Å². The van der Waals surface area contributed by atoms with E-state index in [4.69, 9.17) is 9.47 Å². The molecule has 3 aromatic rings. The molecular weight excluding hydrogens is 496 g/mol. The smallest absolute Gasteiger partial charge is 0.326 e. The normalized spacial score (nSPS) is 13.9. The highest BCUT2D eigenvalue weighted by Crippen LogP contribution is 2.33. The molecule has 1 amide bonds. The van der Waals surface area contributed by atoms with Gasteiger partial charge in [0.25, 0.3) is 15.9 Å². The van der Waals surface area contributed by atoms with Crippen LogP contribution in [0.1, 0.15) is 29.8 Å². The molecule has 0 radical (unpaired) electrons. The van der Waals surface area contributed by atoms with Gasteiger partial charge in [0.05, 0.1) is 19.1 Å². The van der Waals surface area contributed by atoms with Gasteiger partial charge in [0, 0.05) is 23.9 Å². The number of nitrogens with zero attached hydrogens (tertiary/aromatic N) is 1. The summed E-state index contributed by atoms with van der Waals surface area (Å²) in [5, 5.41) is 9.61. The van der Waals surface area contributed by atoms with Crippen molar-refractivity contribution in [2.75, 3.05) is 18.9 Å². The molecule has 1 unspecified atom stereocenters. The molecule has 0 bridgehead atoms. The first-order chi connectivity index (χ1) is 17.6. The van der Waals surface area contributed by atoms with E-state index < -0.39 is 22.0 Å². The number of anilines is 1. The van der Waals surface area contributed by atoms with Gasteiger partial charge in [-0.25, -0.2) is 13.2 Å². The number of ether oxygens (including phenoxy) is 2. The Bertz CT molecular complexity index is 1450. The van der Waals surface area contributed by atoms with Crippen molar-refractivity contribution in [3.8, 4) is 22.6 Å². The maximum absolute atomic E-state index is 13.0. The zero-order chi connectivity index (χ0) is 26.9. The van der Waals surface area contributed by atoms with Crippen molar-refractivity contribution in [3.05, 3.63) is 71.8 Å². The summed E-state index contributed by atoms with van der Waals surface area (Å²) < 4.78 is 38.7. The Hall–Kier alpha value is -4.05. The van der Waals surface area contributed by atoms with E-state index >= 15 is 0 Å². The van der Waals surface area contributed by atoms with E-state index in [0.717, 1.165) is 16.7 Å². The van der Waals surface area contributed by atoms with Crippen LogP contribution in [0.25, 0.3) is 11.1 Å². The second kappa shape index (κ2) is 10.1. The van der Waals surface area contributed by atoms with E-state index in [2.05, 4.69) is 4.72 Å². The summed E-state index contributed by atoms with van der Waals surface area (Å²) in [5.41, 5.74) is 3.16. The third-order valence-corrected chi connectivity index (χ3v) is 7.68. The van der Waals surface area contributed by atoms with Crippen LogP contribution < -0.4 is 14.2 Å². The molecule has 4 rings (SSSR count). The minimum Gasteiger partial charge on any atom is -0.493 e. The summed E-state index contributed by atoms with van der Waals surface area (Å²) in [6, 6.07) is 15.6. The number of carbonyl (C=O) groups is 2. The number of carbonyl (C=O) groups excluding carboxylic acids is 1. The van der Waals surface area contributed by atoms with Crippen molar-refractivity contribution in [3.63, 3.8) is 0 Å². The molecule has 2 N–H and O–H groups in total. The van der Waals surface area contributed by atoms with Gasteiger partial charge < -0.3 is 19.5 Å². The third-order valence-electron chi connectivity index (χ3n) is 6.30. The monoisotopic (exact) mass is 524 g/mol. The zero-order valence-corrected chi connectivity index (χ0v) is 21.7. The summed E-state index contributed by atoms with van der Waals surface area (Å²) in [4.78, 5) is 26.2. The topological polar surface area (TPSA) is 122 Å².